The second-order valence-electron chi connectivity index (χ2n) is 9.26. The molecule has 38 heavy (non-hydrogen) atoms. The first kappa shape index (κ1) is 20.9. The highest BCUT2D eigenvalue weighted by atomic mass is 16.3. The summed E-state index contributed by atoms with van der Waals surface area (Å²) >= 11 is 0. The Bertz CT molecular complexity index is 2140. The third kappa shape index (κ3) is 3.22. The first-order chi connectivity index (χ1) is 18.8. The van der Waals surface area contributed by atoms with E-state index in [1.165, 1.54) is 0 Å². The second-order valence-corrected chi connectivity index (χ2v) is 9.26. The van der Waals surface area contributed by atoms with E-state index in [1.54, 1.807) is 0 Å². The summed E-state index contributed by atoms with van der Waals surface area (Å²) in [5.41, 5.74) is 7.61. The standard InChI is InChI=1S/C33H19N3O2/c1-2-9-20(10-3-1)33-35-27-19-21(17-18-29(27)38-33)30-24-12-4-6-15-26(24)34-32(36-30)25-14-8-13-23-22-11-5-7-16-28(22)37-31(23)25/h1-19H. The van der Waals surface area contributed by atoms with Gasteiger partial charge in [0, 0.05) is 27.3 Å². The van der Waals surface area contributed by atoms with E-state index in [1.807, 2.05) is 97.1 Å². The number of nitrogens with zero attached hydrogens (tertiary/aromatic N) is 3. The van der Waals surface area contributed by atoms with Crippen LogP contribution in [-0.2, 0) is 0 Å². The average Bonchev–Trinajstić information content (AvgIpc) is 3.58. The highest BCUT2D eigenvalue weighted by molar-refractivity contribution is 6.09. The zero-order valence-corrected chi connectivity index (χ0v) is 20.1. The second kappa shape index (κ2) is 8.11. The molecule has 0 radical (unpaired) electrons. The summed E-state index contributed by atoms with van der Waals surface area (Å²) in [6, 6.07) is 38.2. The Hall–Kier alpha value is -5.29. The van der Waals surface area contributed by atoms with Crippen molar-refractivity contribution >= 4 is 43.9 Å². The molecule has 0 N–H and O–H groups in total. The molecule has 0 amide bonds. The minimum absolute atomic E-state index is 0.600. The molecule has 0 aliphatic carbocycles. The monoisotopic (exact) mass is 489 g/mol. The van der Waals surface area contributed by atoms with Crippen molar-refractivity contribution in [2.45, 2.75) is 0 Å². The number of hydrogen-bond donors (Lipinski definition) is 0. The largest absolute Gasteiger partial charge is 0.455 e. The molecule has 0 aliphatic heterocycles. The predicted octanol–water partition coefficient (Wildman–Crippen LogP) is 8.67. The molecule has 5 nitrogen and oxygen atoms in total. The van der Waals surface area contributed by atoms with Crippen molar-refractivity contribution < 1.29 is 8.83 Å². The van der Waals surface area contributed by atoms with E-state index in [4.69, 9.17) is 23.8 Å². The summed E-state index contributed by atoms with van der Waals surface area (Å²) in [6.45, 7) is 0. The Morgan fingerprint density at radius 1 is 0.474 bits per heavy atom. The van der Waals surface area contributed by atoms with Gasteiger partial charge in [-0.1, -0.05) is 66.7 Å². The van der Waals surface area contributed by atoms with Crippen LogP contribution in [0.25, 0.3) is 78.0 Å². The van der Waals surface area contributed by atoms with Crippen molar-refractivity contribution in [3.05, 3.63) is 115 Å². The Morgan fingerprint density at radius 3 is 2.18 bits per heavy atom. The van der Waals surface area contributed by atoms with Crippen molar-refractivity contribution in [1.29, 1.82) is 0 Å². The number of aromatic nitrogens is 3. The van der Waals surface area contributed by atoms with Crippen LogP contribution in [0, 0.1) is 0 Å². The van der Waals surface area contributed by atoms with Crippen LogP contribution in [0.15, 0.2) is 124 Å². The van der Waals surface area contributed by atoms with Crippen molar-refractivity contribution in [1.82, 2.24) is 15.0 Å². The van der Waals surface area contributed by atoms with Gasteiger partial charge >= 0.3 is 0 Å². The minimum Gasteiger partial charge on any atom is -0.455 e. The fraction of sp³-hybridized carbons (Fsp3) is 0. The number of rotatable bonds is 3. The average molecular weight is 490 g/mol. The molecular weight excluding hydrogens is 470 g/mol. The Kier molecular flexibility index (Phi) is 4.45. The zero-order chi connectivity index (χ0) is 25.1. The maximum absolute atomic E-state index is 6.30. The van der Waals surface area contributed by atoms with Crippen LogP contribution in [0.3, 0.4) is 0 Å². The maximum atomic E-state index is 6.30. The molecular formula is C33H19N3O2. The molecule has 0 atom stereocenters. The summed E-state index contributed by atoms with van der Waals surface area (Å²) in [7, 11) is 0. The quantitative estimate of drug-likeness (QED) is 0.248. The van der Waals surface area contributed by atoms with E-state index in [2.05, 4.69) is 18.2 Å². The molecule has 0 aliphatic rings. The SMILES string of the molecule is c1ccc(-c2nc3cc(-c4nc(-c5cccc6c5oc5ccccc56)nc5ccccc45)ccc3o2)cc1. The normalized spacial score (nSPS) is 11.7. The van der Waals surface area contributed by atoms with E-state index >= 15 is 0 Å². The third-order valence-electron chi connectivity index (χ3n) is 6.93. The van der Waals surface area contributed by atoms with Gasteiger partial charge in [-0.15, -0.1) is 0 Å². The molecule has 178 valence electrons. The van der Waals surface area contributed by atoms with Gasteiger partial charge in [0.05, 0.1) is 16.8 Å². The van der Waals surface area contributed by atoms with Crippen molar-refractivity contribution in [3.63, 3.8) is 0 Å². The lowest BCUT2D eigenvalue weighted by Crippen LogP contribution is -1.95. The molecule has 5 heteroatoms. The summed E-state index contributed by atoms with van der Waals surface area (Å²) in [6.07, 6.45) is 0. The molecule has 3 aromatic heterocycles. The molecule has 0 fully saturated rings. The molecule has 8 rings (SSSR count). The van der Waals surface area contributed by atoms with Crippen molar-refractivity contribution in [3.8, 4) is 34.1 Å². The van der Waals surface area contributed by atoms with Crippen LogP contribution in [0.5, 0.6) is 0 Å². The molecule has 5 aromatic carbocycles. The van der Waals surface area contributed by atoms with Crippen LogP contribution in [0.4, 0.5) is 0 Å². The predicted molar refractivity (Wildman–Crippen MR) is 151 cm³/mol. The van der Waals surface area contributed by atoms with E-state index in [-0.39, 0.29) is 0 Å². The van der Waals surface area contributed by atoms with Gasteiger partial charge in [-0.05, 0) is 48.5 Å². The van der Waals surface area contributed by atoms with E-state index < -0.39 is 0 Å². The Labute approximate surface area is 217 Å². The van der Waals surface area contributed by atoms with Crippen LogP contribution >= 0.6 is 0 Å². The smallest absolute Gasteiger partial charge is 0.227 e. The van der Waals surface area contributed by atoms with Gasteiger partial charge < -0.3 is 8.83 Å². The first-order valence-electron chi connectivity index (χ1n) is 12.5. The van der Waals surface area contributed by atoms with Gasteiger partial charge in [-0.2, -0.15) is 0 Å². The van der Waals surface area contributed by atoms with Gasteiger partial charge in [-0.25, -0.2) is 15.0 Å². The van der Waals surface area contributed by atoms with Gasteiger partial charge in [0.1, 0.15) is 16.7 Å². The highest BCUT2D eigenvalue weighted by Gasteiger charge is 2.18. The molecule has 8 aromatic rings. The van der Waals surface area contributed by atoms with Crippen molar-refractivity contribution in [2.75, 3.05) is 0 Å². The summed E-state index contributed by atoms with van der Waals surface area (Å²) in [5, 5.41) is 3.10. The third-order valence-corrected chi connectivity index (χ3v) is 6.93. The Balaban J connectivity index is 1.34. The Morgan fingerprint density at radius 2 is 1.26 bits per heavy atom. The zero-order valence-electron chi connectivity index (χ0n) is 20.1. The van der Waals surface area contributed by atoms with E-state index in [9.17, 15) is 0 Å². The van der Waals surface area contributed by atoms with Gasteiger partial charge in [0.15, 0.2) is 11.4 Å². The molecule has 3 heterocycles. The number of para-hydroxylation sites is 3. The van der Waals surface area contributed by atoms with Gasteiger partial charge in [-0.3, -0.25) is 0 Å². The maximum Gasteiger partial charge on any atom is 0.227 e. The van der Waals surface area contributed by atoms with Gasteiger partial charge in [0.2, 0.25) is 5.89 Å². The topological polar surface area (TPSA) is 65.0 Å². The number of hydrogen-bond acceptors (Lipinski definition) is 5. The number of oxazole rings is 1. The fourth-order valence-corrected chi connectivity index (χ4v) is 5.12. The molecule has 0 unspecified atom stereocenters. The van der Waals surface area contributed by atoms with Crippen LogP contribution in [0.2, 0.25) is 0 Å². The lowest BCUT2D eigenvalue weighted by atomic mass is 10.0. The fourth-order valence-electron chi connectivity index (χ4n) is 5.12. The van der Waals surface area contributed by atoms with Gasteiger partial charge in [0.25, 0.3) is 0 Å². The van der Waals surface area contributed by atoms with Crippen molar-refractivity contribution in [2.24, 2.45) is 0 Å². The minimum atomic E-state index is 0.600. The summed E-state index contributed by atoms with van der Waals surface area (Å²) in [5.74, 6) is 1.22. The van der Waals surface area contributed by atoms with Crippen LogP contribution in [0.1, 0.15) is 0 Å². The highest BCUT2D eigenvalue weighted by Crippen LogP contribution is 2.37. The summed E-state index contributed by atoms with van der Waals surface area (Å²) < 4.78 is 12.3. The molecule has 0 saturated carbocycles. The van der Waals surface area contributed by atoms with Crippen LogP contribution < -0.4 is 0 Å². The van der Waals surface area contributed by atoms with Crippen LogP contribution in [-0.4, -0.2) is 15.0 Å². The van der Waals surface area contributed by atoms with E-state index in [0.717, 1.165) is 66.3 Å². The lowest BCUT2D eigenvalue weighted by molar-refractivity contribution is 0.620. The molecule has 0 bridgehead atoms. The number of furan rings is 1. The lowest BCUT2D eigenvalue weighted by Gasteiger charge is -2.09. The molecule has 0 saturated heterocycles. The molecule has 0 spiro atoms. The first-order valence-corrected chi connectivity index (χ1v) is 12.5. The number of fused-ring (bicyclic) bond motifs is 5. The number of benzene rings is 5. The summed E-state index contributed by atoms with van der Waals surface area (Å²) in [4.78, 5) is 14.8. The van der Waals surface area contributed by atoms with E-state index in [0.29, 0.717) is 11.7 Å².